The van der Waals surface area contributed by atoms with E-state index in [4.69, 9.17) is 16.3 Å². The second-order valence-electron chi connectivity index (χ2n) is 7.66. The van der Waals surface area contributed by atoms with Gasteiger partial charge in [-0.05, 0) is 17.7 Å². The number of guanidine groups is 1. The molecule has 1 N–H and O–H groups in total. The molecule has 0 bridgehead atoms. The van der Waals surface area contributed by atoms with Crippen molar-refractivity contribution in [2.75, 3.05) is 33.3 Å². The number of morpholine rings is 1. The summed E-state index contributed by atoms with van der Waals surface area (Å²) in [5, 5.41) is 8.11. The zero-order chi connectivity index (χ0) is 20.3. The SMILES string of the molecule is CN=C(NCC(C)(C)c1ccc(F)cc1Cl)N1CCOC(c2cnn(C)c2)C1.I. The number of aromatic nitrogens is 2. The summed E-state index contributed by atoms with van der Waals surface area (Å²) < 4.78 is 21.1. The van der Waals surface area contributed by atoms with Gasteiger partial charge in [0.15, 0.2) is 5.96 Å². The van der Waals surface area contributed by atoms with E-state index in [1.54, 1.807) is 17.8 Å². The summed E-state index contributed by atoms with van der Waals surface area (Å²) in [6.07, 6.45) is 3.77. The van der Waals surface area contributed by atoms with Crippen molar-refractivity contribution in [2.45, 2.75) is 25.4 Å². The Labute approximate surface area is 193 Å². The zero-order valence-electron chi connectivity index (χ0n) is 17.2. The molecule has 2 aromatic rings. The molecule has 1 aromatic heterocycles. The molecular weight excluding hydrogens is 508 g/mol. The maximum Gasteiger partial charge on any atom is 0.193 e. The average Bonchev–Trinajstić information content (AvgIpc) is 3.08. The van der Waals surface area contributed by atoms with Crippen molar-refractivity contribution in [1.29, 1.82) is 0 Å². The van der Waals surface area contributed by atoms with E-state index < -0.39 is 0 Å². The van der Waals surface area contributed by atoms with Crippen molar-refractivity contribution in [3.8, 4) is 0 Å². The molecule has 0 aliphatic carbocycles. The van der Waals surface area contributed by atoms with Gasteiger partial charge < -0.3 is 15.0 Å². The number of benzene rings is 1. The third kappa shape index (κ3) is 5.82. The van der Waals surface area contributed by atoms with E-state index in [-0.39, 0.29) is 41.3 Å². The molecule has 3 rings (SSSR count). The first-order valence-electron chi connectivity index (χ1n) is 9.31. The summed E-state index contributed by atoms with van der Waals surface area (Å²) >= 11 is 6.27. The standard InChI is InChI=1S/C20H27ClFN5O.HI/c1-20(2,16-6-5-15(22)9-17(16)21)13-24-19(23-3)27-7-8-28-18(12-27)14-10-25-26(4)11-14;/h5-6,9-11,18H,7-8,12-13H2,1-4H3,(H,23,24);1H. The largest absolute Gasteiger partial charge is 0.370 e. The molecule has 160 valence electrons. The van der Waals surface area contributed by atoms with Crippen molar-refractivity contribution in [3.05, 3.63) is 52.6 Å². The Morgan fingerprint density at radius 1 is 1.45 bits per heavy atom. The van der Waals surface area contributed by atoms with Gasteiger partial charge >= 0.3 is 0 Å². The van der Waals surface area contributed by atoms with Crippen molar-refractivity contribution < 1.29 is 9.13 Å². The normalized spacial score (nSPS) is 17.8. The second kappa shape index (κ2) is 10.1. The molecule has 6 nitrogen and oxygen atoms in total. The predicted molar refractivity (Wildman–Crippen MR) is 125 cm³/mol. The van der Waals surface area contributed by atoms with Crippen LogP contribution in [0.5, 0.6) is 0 Å². The van der Waals surface area contributed by atoms with Crippen LogP contribution in [-0.4, -0.2) is 53.9 Å². The molecular formula is C20H28ClFIN5O. The summed E-state index contributed by atoms with van der Waals surface area (Å²) in [4.78, 5) is 6.62. The van der Waals surface area contributed by atoms with E-state index >= 15 is 0 Å². The van der Waals surface area contributed by atoms with Gasteiger partial charge in [-0.25, -0.2) is 4.39 Å². The topological polar surface area (TPSA) is 54.7 Å². The van der Waals surface area contributed by atoms with E-state index in [0.717, 1.165) is 23.6 Å². The summed E-state index contributed by atoms with van der Waals surface area (Å²) in [5.74, 6) is 0.478. The number of ether oxygens (including phenoxy) is 1. The lowest BCUT2D eigenvalue weighted by molar-refractivity contribution is -0.00808. The van der Waals surface area contributed by atoms with E-state index in [2.05, 4.69) is 34.2 Å². The highest BCUT2D eigenvalue weighted by atomic mass is 127. The van der Waals surface area contributed by atoms with Crippen LogP contribution < -0.4 is 5.32 Å². The molecule has 1 fully saturated rings. The maximum atomic E-state index is 13.4. The van der Waals surface area contributed by atoms with Crippen LogP contribution in [0.3, 0.4) is 0 Å². The first-order chi connectivity index (χ1) is 13.3. The molecule has 1 unspecified atom stereocenters. The fraction of sp³-hybridized carbons (Fsp3) is 0.500. The van der Waals surface area contributed by atoms with Crippen LogP contribution in [0.15, 0.2) is 35.6 Å². The molecule has 1 saturated heterocycles. The number of aryl methyl sites for hydroxylation is 1. The van der Waals surface area contributed by atoms with Crippen molar-refractivity contribution >= 4 is 41.5 Å². The summed E-state index contributed by atoms with van der Waals surface area (Å²) in [7, 11) is 3.67. The van der Waals surface area contributed by atoms with Gasteiger partial charge in [0.2, 0.25) is 0 Å². The molecule has 2 heterocycles. The lowest BCUT2D eigenvalue weighted by Gasteiger charge is -2.36. The number of rotatable bonds is 4. The van der Waals surface area contributed by atoms with Crippen LogP contribution >= 0.6 is 35.6 Å². The van der Waals surface area contributed by atoms with Gasteiger partial charge in [-0.2, -0.15) is 5.10 Å². The first kappa shape index (κ1) is 23.9. The molecule has 9 heteroatoms. The van der Waals surface area contributed by atoms with Crippen LogP contribution in [0.1, 0.15) is 31.1 Å². The molecule has 0 radical (unpaired) electrons. The van der Waals surface area contributed by atoms with Gasteiger partial charge in [-0.15, -0.1) is 24.0 Å². The highest BCUT2D eigenvalue weighted by Gasteiger charge is 2.28. The molecule has 29 heavy (non-hydrogen) atoms. The second-order valence-corrected chi connectivity index (χ2v) is 8.07. The third-order valence-corrected chi connectivity index (χ3v) is 5.34. The number of nitrogens with zero attached hydrogens (tertiary/aromatic N) is 4. The van der Waals surface area contributed by atoms with Crippen LogP contribution in [0, 0.1) is 5.82 Å². The number of nitrogens with one attached hydrogen (secondary N) is 1. The Bertz CT molecular complexity index is 857. The highest BCUT2D eigenvalue weighted by Crippen LogP contribution is 2.30. The molecule has 1 aliphatic rings. The Morgan fingerprint density at radius 3 is 2.83 bits per heavy atom. The van der Waals surface area contributed by atoms with Gasteiger partial charge in [0.25, 0.3) is 0 Å². The molecule has 0 spiro atoms. The minimum atomic E-state index is -0.330. The van der Waals surface area contributed by atoms with Crippen molar-refractivity contribution in [3.63, 3.8) is 0 Å². The van der Waals surface area contributed by atoms with Crippen molar-refractivity contribution in [1.82, 2.24) is 20.0 Å². The minimum absolute atomic E-state index is 0. The van der Waals surface area contributed by atoms with Gasteiger partial charge in [0.05, 0.1) is 19.3 Å². The van der Waals surface area contributed by atoms with E-state index in [0.29, 0.717) is 24.7 Å². The maximum absolute atomic E-state index is 13.4. The highest BCUT2D eigenvalue weighted by molar-refractivity contribution is 14.0. The first-order valence-corrected chi connectivity index (χ1v) is 9.69. The van der Waals surface area contributed by atoms with E-state index in [9.17, 15) is 4.39 Å². The van der Waals surface area contributed by atoms with Gasteiger partial charge in [0.1, 0.15) is 11.9 Å². The zero-order valence-corrected chi connectivity index (χ0v) is 20.2. The van der Waals surface area contributed by atoms with Gasteiger partial charge in [-0.3, -0.25) is 9.67 Å². The molecule has 1 aromatic carbocycles. The Kier molecular flexibility index (Phi) is 8.30. The Morgan fingerprint density at radius 2 is 2.21 bits per heavy atom. The van der Waals surface area contributed by atoms with Gasteiger partial charge in [0, 0.05) is 49.4 Å². The van der Waals surface area contributed by atoms with Gasteiger partial charge in [-0.1, -0.05) is 31.5 Å². The van der Waals surface area contributed by atoms with E-state index in [1.165, 1.54) is 12.1 Å². The number of hydrogen-bond donors (Lipinski definition) is 1. The summed E-state index contributed by atoms with van der Waals surface area (Å²) in [6.45, 7) is 6.83. The molecule has 0 amide bonds. The number of halogens is 3. The average molecular weight is 536 g/mol. The lowest BCUT2D eigenvalue weighted by atomic mass is 9.84. The fourth-order valence-corrected chi connectivity index (χ4v) is 3.84. The number of hydrogen-bond acceptors (Lipinski definition) is 3. The van der Waals surface area contributed by atoms with E-state index in [1.807, 2.05) is 19.4 Å². The van der Waals surface area contributed by atoms with Crippen molar-refractivity contribution in [2.24, 2.45) is 12.0 Å². The van der Waals surface area contributed by atoms with Crippen LogP contribution in [0.4, 0.5) is 4.39 Å². The Balaban J connectivity index is 0.00000300. The monoisotopic (exact) mass is 535 g/mol. The third-order valence-electron chi connectivity index (χ3n) is 5.02. The van der Waals surface area contributed by atoms with Crippen LogP contribution in [0.2, 0.25) is 5.02 Å². The lowest BCUT2D eigenvalue weighted by Crippen LogP contribution is -2.50. The molecule has 0 saturated carbocycles. The number of aliphatic imine (C=N–C) groups is 1. The molecule has 1 aliphatic heterocycles. The summed E-state index contributed by atoms with van der Waals surface area (Å²) in [6, 6.07) is 4.54. The fourth-order valence-electron chi connectivity index (χ4n) is 3.42. The quantitative estimate of drug-likeness (QED) is 0.368. The van der Waals surface area contributed by atoms with Crippen LogP contribution in [-0.2, 0) is 17.2 Å². The Hall–Kier alpha value is -1.39. The minimum Gasteiger partial charge on any atom is -0.370 e. The summed E-state index contributed by atoms with van der Waals surface area (Å²) in [5.41, 5.74) is 1.66. The molecule has 1 atom stereocenters. The van der Waals surface area contributed by atoms with Crippen LogP contribution in [0.25, 0.3) is 0 Å². The predicted octanol–water partition coefficient (Wildman–Crippen LogP) is 3.76. The smallest absolute Gasteiger partial charge is 0.193 e.